The number of carbonyl (C=O) groups excluding carboxylic acids is 2. The van der Waals surface area contributed by atoms with Crippen molar-refractivity contribution in [2.45, 2.75) is 64.9 Å². The first-order valence-corrected chi connectivity index (χ1v) is 10.4. The van der Waals surface area contributed by atoms with Crippen LogP contribution in [0.3, 0.4) is 0 Å². The SMILES string of the molecule is CC(C)COC1CCN(CC(=O)NCCCN2CCCCCC2=O)CC1. The highest BCUT2D eigenvalue weighted by atomic mass is 16.5. The van der Waals surface area contributed by atoms with Crippen LogP contribution in [0.1, 0.15) is 58.8 Å². The monoisotopic (exact) mass is 367 g/mol. The molecule has 0 atom stereocenters. The van der Waals surface area contributed by atoms with Crippen LogP contribution in [0.25, 0.3) is 0 Å². The van der Waals surface area contributed by atoms with Crippen LogP contribution in [-0.2, 0) is 14.3 Å². The summed E-state index contributed by atoms with van der Waals surface area (Å²) in [5.74, 6) is 0.938. The molecule has 2 saturated heterocycles. The number of nitrogens with zero attached hydrogens (tertiary/aromatic N) is 2. The third-order valence-corrected chi connectivity index (χ3v) is 5.17. The molecule has 2 heterocycles. The van der Waals surface area contributed by atoms with Gasteiger partial charge in [0.25, 0.3) is 0 Å². The van der Waals surface area contributed by atoms with Crippen LogP contribution >= 0.6 is 0 Å². The van der Waals surface area contributed by atoms with Gasteiger partial charge in [-0.25, -0.2) is 0 Å². The van der Waals surface area contributed by atoms with E-state index in [4.69, 9.17) is 4.74 Å². The number of rotatable bonds is 9. The number of likely N-dealkylation sites (tertiary alicyclic amines) is 2. The van der Waals surface area contributed by atoms with Gasteiger partial charge in [-0.1, -0.05) is 20.3 Å². The Labute approximate surface area is 158 Å². The van der Waals surface area contributed by atoms with E-state index in [0.29, 0.717) is 31.5 Å². The Morgan fingerprint density at radius 3 is 2.69 bits per heavy atom. The van der Waals surface area contributed by atoms with Crippen molar-refractivity contribution < 1.29 is 14.3 Å². The molecule has 1 N–H and O–H groups in total. The van der Waals surface area contributed by atoms with Crippen LogP contribution in [-0.4, -0.2) is 73.6 Å². The summed E-state index contributed by atoms with van der Waals surface area (Å²) in [6.45, 7) is 9.78. The minimum Gasteiger partial charge on any atom is -0.378 e. The van der Waals surface area contributed by atoms with Crippen LogP contribution in [0.4, 0.5) is 0 Å². The maximum atomic E-state index is 12.1. The number of hydrogen-bond donors (Lipinski definition) is 1. The highest BCUT2D eigenvalue weighted by molar-refractivity contribution is 5.78. The lowest BCUT2D eigenvalue weighted by molar-refractivity contribution is -0.130. The van der Waals surface area contributed by atoms with Crippen molar-refractivity contribution in [3.63, 3.8) is 0 Å². The molecule has 0 spiro atoms. The molecule has 0 aromatic rings. The predicted molar refractivity (Wildman–Crippen MR) is 103 cm³/mol. The highest BCUT2D eigenvalue weighted by Crippen LogP contribution is 2.14. The van der Waals surface area contributed by atoms with Gasteiger partial charge in [0.05, 0.1) is 12.6 Å². The van der Waals surface area contributed by atoms with Crippen LogP contribution in [0.2, 0.25) is 0 Å². The second kappa shape index (κ2) is 11.5. The Morgan fingerprint density at radius 2 is 1.96 bits per heavy atom. The first-order chi connectivity index (χ1) is 12.5. The van der Waals surface area contributed by atoms with Gasteiger partial charge < -0.3 is 15.0 Å². The van der Waals surface area contributed by atoms with Gasteiger partial charge in [0.1, 0.15) is 0 Å². The van der Waals surface area contributed by atoms with Crippen LogP contribution < -0.4 is 5.32 Å². The summed E-state index contributed by atoms with van der Waals surface area (Å²) in [7, 11) is 0. The first kappa shape index (κ1) is 21.2. The van der Waals surface area contributed by atoms with Crippen LogP contribution in [0.5, 0.6) is 0 Å². The minimum absolute atomic E-state index is 0.0914. The summed E-state index contributed by atoms with van der Waals surface area (Å²) >= 11 is 0. The zero-order chi connectivity index (χ0) is 18.8. The molecular formula is C20H37N3O3. The van der Waals surface area contributed by atoms with Crippen molar-refractivity contribution in [1.29, 1.82) is 0 Å². The number of carbonyl (C=O) groups is 2. The number of ether oxygens (including phenoxy) is 1. The number of nitrogens with one attached hydrogen (secondary N) is 1. The van der Waals surface area contributed by atoms with E-state index in [0.717, 1.165) is 71.3 Å². The van der Waals surface area contributed by atoms with E-state index in [1.54, 1.807) is 0 Å². The maximum absolute atomic E-state index is 12.1. The summed E-state index contributed by atoms with van der Waals surface area (Å²) in [6, 6.07) is 0. The number of hydrogen-bond acceptors (Lipinski definition) is 4. The molecular weight excluding hydrogens is 330 g/mol. The zero-order valence-electron chi connectivity index (χ0n) is 16.7. The van der Waals surface area contributed by atoms with Crippen molar-refractivity contribution in [1.82, 2.24) is 15.1 Å². The number of piperidine rings is 1. The average molecular weight is 368 g/mol. The third-order valence-electron chi connectivity index (χ3n) is 5.17. The Hall–Kier alpha value is -1.14. The van der Waals surface area contributed by atoms with Gasteiger partial charge in [-0.15, -0.1) is 0 Å². The molecule has 6 nitrogen and oxygen atoms in total. The van der Waals surface area contributed by atoms with Crippen LogP contribution in [0, 0.1) is 5.92 Å². The molecule has 26 heavy (non-hydrogen) atoms. The molecule has 0 aliphatic carbocycles. The standard InChI is InChI=1S/C20H37N3O3/c1-17(2)16-26-18-8-13-22(14-9-18)15-19(24)21-10-6-12-23-11-5-3-4-7-20(23)25/h17-18H,3-16H2,1-2H3,(H,21,24). The van der Waals surface area contributed by atoms with E-state index in [-0.39, 0.29) is 11.8 Å². The quantitative estimate of drug-likeness (QED) is 0.634. The maximum Gasteiger partial charge on any atom is 0.234 e. The fourth-order valence-electron chi connectivity index (χ4n) is 3.59. The van der Waals surface area contributed by atoms with Crippen molar-refractivity contribution in [2.24, 2.45) is 5.92 Å². The lowest BCUT2D eigenvalue weighted by atomic mass is 10.1. The second-order valence-corrected chi connectivity index (χ2v) is 8.10. The largest absolute Gasteiger partial charge is 0.378 e. The van der Waals surface area contributed by atoms with Gasteiger partial charge in [-0.05, 0) is 38.0 Å². The smallest absolute Gasteiger partial charge is 0.234 e. The van der Waals surface area contributed by atoms with Gasteiger partial charge in [0.15, 0.2) is 0 Å². The zero-order valence-corrected chi connectivity index (χ0v) is 16.7. The molecule has 2 fully saturated rings. The Balaban J connectivity index is 1.53. The molecule has 0 aromatic carbocycles. The van der Waals surface area contributed by atoms with Gasteiger partial charge >= 0.3 is 0 Å². The summed E-state index contributed by atoms with van der Waals surface area (Å²) < 4.78 is 5.89. The Bertz CT molecular complexity index is 434. The van der Waals surface area contributed by atoms with E-state index >= 15 is 0 Å². The van der Waals surface area contributed by atoms with E-state index in [2.05, 4.69) is 24.1 Å². The molecule has 2 amide bonds. The van der Waals surface area contributed by atoms with Crippen molar-refractivity contribution in [3.05, 3.63) is 0 Å². The first-order valence-electron chi connectivity index (χ1n) is 10.4. The van der Waals surface area contributed by atoms with Gasteiger partial charge in [-0.3, -0.25) is 14.5 Å². The molecule has 0 saturated carbocycles. The molecule has 6 heteroatoms. The van der Waals surface area contributed by atoms with Crippen molar-refractivity contribution >= 4 is 11.8 Å². The third kappa shape index (κ3) is 8.04. The summed E-state index contributed by atoms with van der Waals surface area (Å²) in [6.07, 6.45) is 7.17. The van der Waals surface area contributed by atoms with Gasteiger partial charge in [0, 0.05) is 45.8 Å². The Morgan fingerprint density at radius 1 is 1.19 bits per heavy atom. The fraction of sp³-hybridized carbons (Fsp3) is 0.900. The number of amides is 2. The van der Waals surface area contributed by atoms with E-state index in [1.165, 1.54) is 0 Å². The average Bonchev–Trinajstić information content (AvgIpc) is 2.82. The topological polar surface area (TPSA) is 61.9 Å². The molecule has 0 unspecified atom stereocenters. The lowest BCUT2D eigenvalue weighted by Crippen LogP contribution is -2.43. The fourth-order valence-corrected chi connectivity index (χ4v) is 3.59. The minimum atomic E-state index is 0.0914. The van der Waals surface area contributed by atoms with Gasteiger partial charge in [-0.2, -0.15) is 0 Å². The highest BCUT2D eigenvalue weighted by Gasteiger charge is 2.21. The Kier molecular flexibility index (Phi) is 9.40. The van der Waals surface area contributed by atoms with E-state index in [1.807, 2.05) is 4.90 Å². The molecule has 0 bridgehead atoms. The van der Waals surface area contributed by atoms with Crippen molar-refractivity contribution in [3.8, 4) is 0 Å². The second-order valence-electron chi connectivity index (χ2n) is 8.10. The van der Waals surface area contributed by atoms with E-state index < -0.39 is 0 Å². The molecule has 2 aliphatic heterocycles. The molecule has 2 aliphatic rings. The molecule has 150 valence electrons. The van der Waals surface area contributed by atoms with Crippen LogP contribution in [0.15, 0.2) is 0 Å². The lowest BCUT2D eigenvalue weighted by Gasteiger charge is -2.31. The van der Waals surface area contributed by atoms with Gasteiger partial charge in [0.2, 0.25) is 11.8 Å². The van der Waals surface area contributed by atoms with E-state index in [9.17, 15) is 9.59 Å². The van der Waals surface area contributed by atoms with Crippen molar-refractivity contribution in [2.75, 3.05) is 45.9 Å². The predicted octanol–water partition coefficient (Wildman–Crippen LogP) is 2.03. The summed E-state index contributed by atoms with van der Waals surface area (Å²) in [5, 5.41) is 3.00. The summed E-state index contributed by atoms with van der Waals surface area (Å²) in [5.41, 5.74) is 0. The normalized spacial score (nSPS) is 20.4. The molecule has 0 aromatic heterocycles. The molecule has 2 rings (SSSR count). The summed E-state index contributed by atoms with van der Waals surface area (Å²) in [4.78, 5) is 28.2. The molecule has 0 radical (unpaired) electrons.